The molecule has 1 unspecified atom stereocenters. The summed E-state index contributed by atoms with van der Waals surface area (Å²) in [4.78, 5) is 15.4. The average molecular weight is 289 g/mol. The van der Waals surface area contributed by atoms with Crippen LogP contribution in [-0.4, -0.2) is 53.2 Å². The lowest BCUT2D eigenvalue weighted by Crippen LogP contribution is -2.47. The van der Waals surface area contributed by atoms with Gasteiger partial charge in [0.15, 0.2) is 5.96 Å². The van der Waals surface area contributed by atoms with Gasteiger partial charge in [-0.15, -0.1) is 0 Å². The van der Waals surface area contributed by atoms with Crippen molar-refractivity contribution in [3.8, 4) is 0 Å². The van der Waals surface area contributed by atoms with Crippen molar-refractivity contribution in [1.82, 2.24) is 14.9 Å². The van der Waals surface area contributed by atoms with E-state index in [1.165, 1.54) is 12.8 Å². The van der Waals surface area contributed by atoms with Gasteiger partial charge in [-0.05, 0) is 31.7 Å². The molecule has 0 spiro atoms. The predicted molar refractivity (Wildman–Crippen MR) is 81.2 cm³/mol. The molecular formula is C15H23N5O. The van der Waals surface area contributed by atoms with Crippen LogP contribution in [0.2, 0.25) is 0 Å². The second kappa shape index (κ2) is 6.39. The third-order valence-corrected chi connectivity index (χ3v) is 3.91. The van der Waals surface area contributed by atoms with Crippen LogP contribution >= 0.6 is 0 Å². The Morgan fingerprint density at radius 1 is 1.43 bits per heavy atom. The SMILES string of the molecule is CC1CN(C(N)=NCCc2cnc(C3CC3)nc2)CCO1. The second-order valence-electron chi connectivity index (χ2n) is 5.84. The van der Waals surface area contributed by atoms with Gasteiger partial charge in [0.2, 0.25) is 0 Å². The zero-order valence-electron chi connectivity index (χ0n) is 12.5. The normalized spacial score (nSPS) is 23.4. The van der Waals surface area contributed by atoms with Crippen molar-refractivity contribution >= 4 is 5.96 Å². The summed E-state index contributed by atoms with van der Waals surface area (Å²) in [5.74, 6) is 2.21. The lowest BCUT2D eigenvalue weighted by molar-refractivity contribution is 0.00530. The molecular weight excluding hydrogens is 266 g/mol. The fourth-order valence-electron chi connectivity index (χ4n) is 2.47. The molecule has 1 aromatic heterocycles. The highest BCUT2D eigenvalue weighted by Crippen LogP contribution is 2.37. The van der Waals surface area contributed by atoms with Gasteiger partial charge in [-0.3, -0.25) is 4.99 Å². The summed E-state index contributed by atoms with van der Waals surface area (Å²) in [5, 5.41) is 0. The zero-order valence-corrected chi connectivity index (χ0v) is 12.5. The lowest BCUT2D eigenvalue weighted by atomic mass is 10.2. The summed E-state index contributed by atoms with van der Waals surface area (Å²) >= 11 is 0. The first-order valence-corrected chi connectivity index (χ1v) is 7.69. The van der Waals surface area contributed by atoms with Gasteiger partial charge >= 0.3 is 0 Å². The topological polar surface area (TPSA) is 76.6 Å². The van der Waals surface area contributed by atoms with Gasteiger partial charge in [-0.2, -0.15) is 0 Å². The Morgan fingerprint density at radius 3 is 2.86 bits per heavy atom. The van der Waals surface area contributed by atoms with Crippen molar-refractivity contribution in [2.45, 2.75) is 38.2 Å². The molecule has 1 aromatic rings. The van der Waals surface area contributed by atoms with Crippen LogP contribution in [0.25, 0.3) is 0 Å². The van der Waals surface area contributed by atoms with E-state index in [0.29, 0.717) is 25.0 Å². The molecule has 1 aliphatic heterocycles. The van der Waals surface area contributed by atoms with Crippen LogP contribution in [0.3, 0.4) is 0 Å². The Morgan fingerprint density at radius 2 is 2.19 bits per heavy atom. The van der Waals surface area contributed by atoms with Gasteiger partial charge in [-0.1, -0.05) is 0 Å². The maximum Gasteiger partial charge on any atom is 0.191 e. The summed E-state index contributed by atoms with van der Waals surface area (Å²) in [6, 6.07) is 0. The fraction of sp³-hybridized carbons (Fsp3) is 0.667. The van der Waals surface area contributed by atoms with Gasteiger partial charge in [0.25, 0.3) is 0 Å². The summed E-state index contributed by atoms with van der Waals surface area (Å²) in [6.45, 7) is 5.07. The lowest BCUT2D eigenvalue weighted by Gasteiger charge is -2.31. The van der Waals surface area contributed by atoms with Crippen LogP contribution in [0.15, 0.2) is 17.4 Å². The van der Waals surface area contributed by atoms with E-state index in [1.54, 1.807) is 0 Å². The number of aromatic nitrogens is 2. The van der Waals surface area contributed by atoms with Crippen LogP contribution in [0.4, 0.5) is 0 Å². The minimum atomic E-state index is 0.218. The molecule has 1 atom stereocenters. The molecule has 0 aromatic carbocycles. The van der Waals surface area contributed by atoms with Crippen molar-refractivity contribution in [2.24, 2.45) is 10.7 Å². The van der Waals surface area contributed by atoms with E-state index in [0.717, 1.165) is 30.9 Å². The number of guanidine groups is 1. The van der Waals surface area contributed by atoms with Crippen LogP contribution < -0.4 is 5.73 Å². The maximum atomic E-state index is 6.04. The van der Waals surface area contributed by atoms with E-state index < -0.39 is 0 Å². The summed E-state index contributed by atoms with van der Waals surface area (Å²) in [7, 11) is 0. The molecule has 2 heterocycles. The predicted octanol–water partition coefficient (Wildman–Crippen LogP) is 0.932. The number of nitrogens with two attached hydrogens (primary N) is 1. The Hall–Kier alpha value is -1.69. The van der Waals surface area contributed by atoms with Crippen molar-refractivity contribution in [3.63, 3.8) is 0 Å². The van der Waals surface area contributed by atoms with E-state index >= 15 is 0 Å². The molecule has 114 valence electrons. The van der Waals surface area contributed by atoms with E-state index in [2.05, 4.69) is 26.8 Å². The van der Waals surface area contributed by atoms with E-state index in [4.69, 9.17) is 10.5 Å². The summed E-state index contributed by atoms with van der Waals surface area (Å²) in [6.07, 6.45) is 7.35. The number of hydrogen-bond acceptors (Lipinski definition) is 4. The highest BCUT2D eigenvalue weighted by Gasteiger charge is 2.26. The molecule has 0 radical (unpaired) electrons. The van der Waals surface area contributed by atoms with E-state index in [9.17, 15) is 0 Å². The molecule has 1 aliphatic carbocycles. The minimum Gasteiger partial charge on any atom is -0.375 e. The van der Waals surface area contributed by atoms with Gasteiger partial charge in [0.05, 0.1) is 12.7 Å². The van der Waals surface area contributed by atoms with Gasteiger partial charge in [-0.25, -0.2) is 9.97 Å². The van der Waals surface area contributed by atoms with Gasteiger partial charge < -0.3 is 15.4 Å². The quantitative estimate of drug-likeness (QED) is 0.659. The number of aliphatic imine (C=N–C) groups is 1. The average Bonchev–Trinajstić information content (AvgIpc) is 3.32. The summed E-state index contributed by atoms with van der Waals surface area (Å²) < 4.78 is 5.50. The monoisotopic (exact) mass is 289 g/mol. The molecule has 0 bridgehead atoms. The molecule has 1 saturated heterocycles. The number of hydrogen-bond donors (Lipinski definition) is 1. The fourth-order valence-corrected chi connectivity index (χ4v) is 2.47. The van der Waals surface area contributed by atoms with Gasteiger partial charge in [0, 0.05) is 37.9 Å². The second-order valence-corrected chi connectivity index (χ2v) is 5.84. The number of ether oxygens (including phenoxy) is 1. The Labute approximate surface area is 125 Å². The molecule has 6 nitrogen and oxygen atoms in total. The van der Waals surface area contributed by atoms with Crippen LogP contribution in [0.1, 0.15) is 37.1 Å². The first-order chi connectivity index (χ1) is 10.2. The first-order valence-electron chi connectivity index (χ1n) is 7.69. The number of rotatable bonds is 4. The van der Waals surface area contributed by atoms with Crippen molar-refractivity contribution in [2.75, 3.05) is 26.2 Å². The molecule has 21 heavy (non-hydrogen) atoms. The molecule has 1 saturated carbocycles. The molecule has 6 heteroatoms. The zero-order chi connectivity index (χ0) is 14.7. The largest absolute Gasteiger partial charge is 0.375 e. The molecule has 3 rings (SSSR count). The molecule has 2 aliphatic rings. The third kappa shape index (κ3) is 3.91. The van der Waals surface area contributed by atoms with Crippen molar-refractivity contribution in [1.29, 1.82) is 0 Å². The smallest absolute Gasteiger partial charge is 0.191 e. The third-order valence-electron chi connectivity index (χ3n) is 3.91. The molecule has 2 fully saturated rings. The highest BCUT2D eigenvalue weighted by molar-refractivity contribution is 5.78. The standard InChI is InChI=1S/C15H23N5O/c1-11-10-20(6-7-21-11)15(16)17-5-4-12-8-18-14(19-9-12)13-2-3-13/h8-9,11,13H,2-7,10H2,1H3,(H2,16,17). The van der Waals surface area contributed by atoms with E-state index in [-0.39, 0.29) is 6.10 Å². The van der Waals surface area contributed by atoms with Gasteiger partial charge in [0.1, 0.15) is 5.82 Å². The van der Waals surface area contributed by atoms with Crippen LogP contribution in [-0.2, 0) is 11.2 Å². The van der Waals surface area contributed by atoms with Crippen molar-refractivity contribution < 1.29 is 4.74 Å². The van der Waals surface area contributed by atoms with E-state index in [1.807, 2.05) is 12.4 Å². The highest BCUT2D eigenvalue weighted by atomic mass is 16.5. The number of nitrogens with zero attached hydrogens (tertiary/aromatic N) is 4. The minimum absolute atomic E-state index is 0.218. The van der Waals surface area contributed by atoms with Crippen molar-refractivity contribution in [3.05, 3.63) is 23.8 Å². The molecule has 0 amide bonds. The Bertz CT molecular complexity index is 497. The molecule has 2 N–H and O–H groups in total. The number of morpholine rings is 1. The summed E-state index contributed by atoms with van der Waals surface area (Å²) in [5.41, 5.74) is 7.15. The van der Waals surface area contributed by atoms with Crippen LogP contribution in [0.5, 0.6) is 0 Å². The Kier molecular flexibility index (Phi) is 4.34. The van der Waals surface area contributed by atoms with Crippen LogP contribution in [0, 0.1) is 0 Å². The maximum absolute atomic E-state index is 6.04. The first kappa shape index (κ1) is 14.3. The Balaban J connectivity index is 1.48.